The van der Waals surface area contributed by atoms with Crippen molar-refractivity contribution < 1.29 is 9.90 Å². The van der Waals surface area contributed by atoms with E-state index < -0.39 is 0 Å². The molecule has 0 atom stereocenters. The van der Waals surface area contributed by atoms with E-state index in [4.69, 9.17) is 16.6 Å². The summed E-state index contributed by atoms with van der Waals surface area (Å²) in [5.74, 6) is 0.0254. The molecule has 1 amide bonds. The number of carbonyl (C=O) groups is 1. The molecule has 0 unspecified atom stereocenters. The van der Waals surface area contributed by atoms with E-state index in [-0.39, 0.29) is 17.4 Å². The number of thioether (sulfide) groups is 1. The van der Waals surface area contributed by atoms with Crippen LogP contribution in [0.2, 0.25) is 5.02 Å². The Balaban J connectivity index is 1.45. The molecular formula is C23H17ClI2N4O2S. The van der Waals surface area contributed by atoms with Crippen molar-refractivity contribution in [1.29, 1.82) is 0 Å². The van der Waals surface area contributed by atoms with Gasteiger partial charge in [-0.15, -0.1) is 0 Å². The molecule has 0 aliphatic carbocycles. The summed E-state index contributed by atoms with van der Waals surface area (Å²) in [6.45, 7) is 0.615. The van der Waals surface area contributed by atoms with Gasteiger partial charge in [-0.05, 0) is 87.1 Å². The number of aromatic hydroxyl groups is 1. The minimum Gasteiger partial charge on any atom is -0.506 e. The lowest BCUT2D eigenvalue weighted by molar-refractivity contribution is -0.118. The zero-order valence-corrected chi connectivity index (χ0v) is 22.9. The van der Waals surface area contributed by atoms with Gasteiger partial charge in [0.1, 0.15) is 5.75 Å². The second-order valence-corrected chi connectivity index (χ2v) is 10.8. The van der Waals surface area contributed by atoms with Gasteiger partial charge in [0.2, 0.25) is 0 Å². The number of hydrazone groups is 1. The van der Waals surface area contributed by atoms with Gasteiger partial charge < -0.3 is 9.67 Å². The molecule has 10 heteroatoms. The van der Waals surface area contributed by atoms with E-state index in [1.165, 1.54) is 18.0 Å². The summed E-state index contributed by atoms with van der Waals surface area (Å²) < 4.78 is 3.78. The van der Waals surface area contributed by atoms with Crippen LogP contribution in [0.5, 0.6) is 5.75 Å². The number of nitrogens with one attached hydrogen (secondary N) is 1. The summed E-state index contributed by atoms with van der Waals surface area (Å²) in [7, 11) is 0. The van der Waals surface area contributed by atoms with E-state index in [2.05, 4.69) is 60.3 Å². The highest BCUT2D eigenvalue weighted by molar-refractivity contribution is 14.1. The van der Waals surface area contributed by atoms with E-state index in [1.54, 1.807) is 6.07 Å². The molecule has 1 heterocycles. The fourth-order valence-corrected chi connectivity index (χ4v) is 5.93. The normalized spacial score (nSPS) is 11.4. The van der Waals surface area contributed by atoms with Crippen LogP contribution in [0.25, 0.3) is 11.0 Å². The number of halogens is 3. The van der Waals surface area contributed by atoms with Crippen molar-refractivity contribution in [1.82, 2.24) is 15.0 Å². The Bertz CT molecular complexity index is 1340. The van der Waals surface area contributed by atoms with Crippen molar-refractivity contribution >= 4 is 91.7 Å². The van der Waals surface area contributed by atoms with Gasteiger partial charge in [-0.25, -0.2) is 10.4 Å². The predicted molar refractivity (Wildman–Crippen MR) is 150 cm³/mol. The Morgan fingerprint density at radius 3 is 2.73 bits per heavy atom. The summed E-state index contributed by atoms with van der Waals surface area (Å²) in [4.78, 5) is 17.1. The first kappa shape index (κ1) is 24.3. The maximum Gasteiger partial charge on any atom is 0.250 e. The lowest BCUT2D eigenvalue weighted by atomic mass is 10.2. The molecule has 0 spiro atoms. The Morgan fingerprint density at radius 2 is 1.94 bits per heavy atom. The third-order valence-electron chi connectivity index (χ3n) is 4.66. The van der Waals surface area contributed by atoms with Crippen molar-refractivity contribution in [2.45, 2.75) is 11.7 Å². The highest BCUT2D eigenvalue weighted by Gasteiger charge is 2.13. The fourth-order valence-electron chi connectivity index (χ4n) is 3.11. The first-order chi connectivity index (χ1) is 15.9. The number of amides is 1. The predicted octanol–water partition coefficient (Wildman–Crippen LogP) is 5.90. The van der Waals surface area contributed by atoms with Crippen LogP contribution >= 0.6 is 68.5 Å². The summed E-state index contributed by atoms with van der Waals surface area (Å²) in [5.41, 5.74) is 6.02. The van der Waals surface area contributed by atoms with Gasteiger partial charge in [0.15, 0.2) is 5.16 Å². The van der Waals surface area contributed by atoms with Crippen LogP contribution in [0, 0.1) is 7.14 Å². The Hall–Kier alpha value is -1.83. The summed E-state index contributed by atoms with van der Waals surface area (Å²) >= 11 is 11.6. The minimum atomic E-state index is -0.263. The number of para-hydroxylation sites is 2. The maximum atomic E-state index is 12.4. The van der Waals surface area contributed by atoms with Crippen molar-refractivity contribution in [3.63, 3.8) is 0 Å². The smallest absolute Gasteiger partial charge is 0.250 e. The van der Waals surface area contributed by atoms with Gasteiger partial charge in [-0.3, -0.25) is 4.79 Å². The molecule has 1 aromatic heterocycles. The molecule has 0 saturated heterocycles. The average Bonchev–Trinajstić information content (AvgIpc) is 3.14. The number of aromatic nitrogens is 2. The number of benzene rings is 3. The number of hydrogen-bond donors (Lipinski definition) is 2. The van der Waals surface area contributed by atoms with Gasteiger partial charge in [0, 0.05) is 14.2 Å². The number of carbonyl (C=O) groups excluding carboxylic acids is 1. The Kier molecular flexibility index (Phi) is 8.15. The first-order valence-electron chi connectivity index (χ1n) is 9.73. The van der Waals surface area contributed by atoms with Gasteiger partial charge >= 0.3 is 0 Å². The van der Waals surface area contributed by atoms with Crippen LogP contribution < -0.4 is 5.43 Å². The number of rotatable bonds is 7. The molecular weight excluding hydrogens is 686 g/mol. The third-order valence-corrected chi connectivity index (χ3v) is 7.33. The number of phenols is 1. The molecule has 3 aromatic carbocycles. The molecule has 6 nitrogen and oxygen atoms in total. The third kappa shape index (κ3) is 6.19. The first-order valence-corrected chi connectivity index (χ1v) is 13.3. The molecule has 33 heavy (non-hydrogen) atoms. The average molecular weight is 703 g/mol. The second-order valence-electron chi connectivity index (χ2n) is 7.00. The lowest BCUT2D eigenvalue weighted by Gasteiger charge is -2.09. The highest BCUT2D eigenvalue weighted by atomic mass is 127. The summed E-state index contributed by atoms with van der Waals surface area (Å²) in [5, 5.41) is 15.6. The van der Waals surface area contributed by atoms with Crippen molar-refractivity contribution in [3.8, 4) is 5.75 Å². The number of imidazole rings is 1. The topological polar surface area (TPSA) is 79.5 Å². The van der Waals surface area contributed by atoms with Crippen LogP contribution in [0.3, 0.4) is 0 Å². The van der Waals surface area contributed by atoms with Gasteiger partial charge in [-0.1, -0.05) is 47.6 Å². The van der Waals surface area contributed by atoms with Crippen LogP contribution in [0.15, 0.2) is 70.9 Å². The Labute approximate surface area is 227 Å². The van der Waals surface area contributed by atoms with E-state index in [9.17, 15) is 9.90 Å². The number of fused-ring (bicyclic) bond motifs is 1. The van der Waals surface area contributed by atoms with Crippen molar-refractivity contribution in [3.05, 3.63) is 84.0 Å². The summed E-state index contributed by atoms with van der Waals surface area (Å²) in [6.07, 6.45) is 1.44. The van der Waals surface area contributed by atoms with Gasteiger partial charge in [0.25, 0.3) is 5.91 Å². The SMILES string of the molecule is O=C(CSc1nc2ccccc2n1Cc1ccc(Cl)cc1)N/N=C\c1cc(I)cc(I)c1O. The highest BCUT2D eigenvalue weighted by Crippen LogP contribution is 2.27. The van der Waals surface area contributed by atoms with Crippen LogP contribution in [-0.2, 0) is 11.3 Å². The quantitative estimate of drug-likeness (QED) is 0.109. The standard InChI is InChI=1S/C23H17ClI2N4O2S/c24-16-7-5-14(6-8-16)12-30-20-4-2-1-3-19(20)28-23(30)33-13-21(31)29-27-11-15-9-17(25)10-18(26)22(15)32/h1-11,32H,12-13H2,(H,29,31)/b27-11-. The molecule has 0 aliphatic heterocycles. The molecule has 0 aliphatic rings. The zero-order chi connectivity index (χ0) is 23.4. The van der Waals surface area contributed by atoms with Crippen LogP contribution in [-0.4, -0.2) is 32.5 Å². The molecule has 0 saturated carbocycles. The van der Waals surface area contributed by atoms with E-state index in [0.717, 1.165) is 28.9 Å². The molecule has 0 fully saturated rings. The number of hydrogen-bond acceptors (Lipinski definition) is 5. The van der Waals surface area contributed by atoms with Gasteiger partial charge in [0.05, 0.1) is 33.1 Å². The maximum absolute atomic E-state index is 12.4. The minimum absolute atomic E-state index is 0.138. The lowest BCUT2D eigenvalue weighted by Crippen LogP contribution is -2.20. The van der Waals surface area contributed by atoms with Crippen molar-refractivity contribution in [2.75, 3.05) is 5.75 Å². The van der Waals surface area contributed by atoms with E-state index in [0.29, 0.717) is 17.1 Å². The molecule has 2 N–H and O–H groups in total. The molecule has 168 valence electrons. The monoisotopic (exact) mass is 702 g/mol. The zero-order valence-electron chi connectivity index (χ0n) is 17.0. The number of nitrogens with zero attached hydrogens (tertiary/aromatic N) is 3. The molecule has 4 aromatic rings. The van der Waals surface area contributed by atoms with E-state index >= 15 is 0 Å². The Morgan fingerprint density at radius 1 is 1.18 bits per heavy atom. The van der Waals surface area contributed by atoms with E-state index in [1.807, 2.05) is 54.6 Å². The van der Waals surface area contributed by atoms with Crippen LogP contribution in [0.4, 0.5) is 0 Å². The van der Waals surface area contributed by atoms with Crippen LogP contribution in [0.1, 0.15) is 11.1 Å². The van der Waals surface area contributed by atoms with Crippen molar-refractivity contribution in [2.24, 2.45) is 5.10 Å². The molecule has 0 bridgehead atoms. The molecule has 4 rings (SSSR count). The second kappa shape index (κ2) is 11.1. The summed E-state index contributed by atoms with van der Waals surface area (Å²) in [6, 6.07) is 19.2. The largest absolute Gasteiger partial charge is 0.506 e. The number of phenolic OH excluding ortho intramolecular Hbond substituents is 1. The molecule has 0 radical (unpaired) electrons. The van der Waals surface area contributed by atoms with Gasteiger partial charge in [-0.2, -0.15) is 5.10 Å². The fraction of sp³-hybridized carbons (Fsp3) is 0.0870.